The topological polar surface area (TPSA) is 72.7 Å². The van der Waals surface area contributed by atoms with Crippen molar-refractivity contribution in [3.8, 4) is 11.3 Å². The van der Waals surface area contributed by atoms with Crippen molar-refractivity contribution in [2.45, 2.75) is 56.6 Å². The second-order valence-electron chi connectivity index (χ2n) is 8.22. The first-order valence-electron chi connectivity index (χ1n) is 11.3. The zero-order chi connectivity index (χ0) is 23.0. The normalized spacial score (nSPS) is 14.3. The van der Waals surface area contributed by atoms with Crippen molar-refractivity contribution in [2.24, 2.45) is 5.92 Å². The lowest BCUT2D eigenvalue weighted by atomic mass is 9.86. The van der Waals surface area contributed by atoms with Gasteiger partial charge in [0.15, 0.2) is 10.3 Å². The summed E-state index contributed by atoms with van der Waals surface area (Å²) in [6.45, 7) is 4.52. The Balaban J connectivity index is 1.31. The van der Waals surface area contributed by atoms with Gasteiger partial charge in [-0.3, -0.25) is 4.79 Å². The largest absolute Gasteiger partial charge is 0.302 e. The predicted molar refractivity (Wildman–Crippen MR) is 137 cm³/mol. The monoisotopic (exact) mass is 501 g/mol. The van der Waals surface area contributed by atoms with Crippen LogP contribution in [0.2, 0.25) is 5.02 Å². The van der Waals surface area contributed by atoms with Crippen LogP contribution >= 0.6 is 34.7 Å². The van der Waals surface area contributed by atoms with Crippen molar-refractivity contribution in [1.29, 1.82) is 0 Å². The van der Waals surface area contributed by atoms with E-state index < -0.39 is 0 Å². The smallest absolute Gasteiger partial charge is 0.236 e. The maximum absolute atomic E-state index is 12.5. The number of aromatic nitrogens is 4. The Kier molecular flexibility index (Phi) is 8.58. The molecule has 1 aliphatic rings. The van der Waals surface area contributed by atoms with Gasteiger partial charge in [-0.25, -0.2) is 4.98 Å². The van der Waals surface area contributed by atoms with Gasteiger partial charge in [-0.15, -0.1) is 28.1 Å². The molecule has 33 heavy (non-hydrogen) atoms. The molecule has 3 aromatic rings. The maximum Gasteiger partial charge on any atom is 0.236 e. The highest BCUT2D eigenvalue weighted by Gasteiger charge is 2.18. The molecule has 174 valence electrons. The first kappa shape index (κ1) is 24.0. The molecule has 2 heterocycles. The van der Waals surface area contributed by atoms with E-state index in [-0.39, 0.29) is 11.7 Å². The summed E-state index contributed by atoms with van der Waals surface area (Å²) in [5, 5.41) is 15.6. The Morgan fingerprint density at radius 3 is 2.79 bits per heavy atom. The van der Waals surface area contributed by atoms with Crippen LogP contribution in [-0.4, -0.2) is 31.4 Å². The van der Waals surface area contributed by atoms with E-state index >= 15 is 0 Å². The van der Waals surface area contributed by atoms with Crippen LogP contribution in [0.1, 0.15) is 44.3 Å². The van der Waals surface area contributed by atoms with Gasteiger partial charge in [0.2, 0.25) is 5.91 Å². The number of carbonyl (C=O) groups is 1. The van der Waals surface area contributed by atoms with Gasteiger partial charge < -0.3 is 9.88 Å². The summed E-state index contributed by atoms with van der Waals surface area (Å²) in [7, 11) is 0. The van der Waals surface area contributed by atoms with E-state index in [1.807, 2.05) is 35.7 Å². The van der Waals surface area contributed by atoms with Gasteiger partial charge in [0.05, 0.1) is 11.4 Å². The number of anilines is 1. The number of nitrogens with one attached hydrogen (secondary N) is 1. The maximum atomic E-state index is 12.5. The zero-order valence-electron chi connectivity index (χ0n) is 18.5. The number of hydrogen-bond acceptors (Lipinski definition) is 6. The Labute approximate surface area is 207 Å². The fourth-order valence-electron chi connectivity index (χ4n) is 4.10. The quantitative estimate of drug-likeness (QED) is 0.254. The van der Waals surface area contributed by atoms with Crippen LogP contribution in [-0.2, 0) is 17.8 Å². The Hall–Kier alpha value is -2.16. The van der Waals surface area contributed by atoms with Gasteiger partial charge in [-0.2, -0.15) is 0 Å². The third kappa shape index (κ3) is 6.68. The van der Waals surface area contributed by atoms with E-state index in [0.717, 1.165) is 41.0 Å². The Morgan fingerprint density at radius 1 is 1.24 bits per heavy atom. The van der Waals surface area contributed by atoms with Crippen molar-refractivity contribution in [3.63, 3.8) is 0 Å². The van der Waals surface area contributed by atoms with Crippen molar-refractivity contribution in [3.05, 3.63) is 53.1 Å². The molecule has 0 radical (unpaired) electrons. The molecular formula is C24H28ClN5OS2. The van der Waals surface area contributed by atoms with Crippen molar-refractivity contribution in [2.75, 3.05) is 11.1 Å². The third-order valence-corrected chi connectivity index (χ3v) is 7.81. The molecule has 1 saturated carbocycles. The van der Waals surface area contributed by atoms with Crippen LogP contribution in [0, 0.1) is 5.92 Å². The highest BCUT2D eigenvalue weighted by atomic mass is 35.5. The molecule has 0 saturated heterocycles. The van der Waals surface area contributed by atoms with Crippen LogP contribution in [0.15, 0.2) is 47.5 Å². The molecule has 1 aliphatic carbocycles. The molecule has 0 bridgehead atoms. The third-order valence-electron chi connectivity index (χ3n) is 5.83. The fourth-order valence-corrected chi connectivity index (χ4v) is 5.73. The summed E-state index contributed by atoms with van der Waals surface area (Å²) in [5.74, 6) is 1.91. The van der Waals surface area contributed by atoms with Gasteiger partial charge in [-0.1, -0.05) is 73.7 Å². The van der Waals surface area contributed by atoms with Crippen LogP contribution in [0.5, 0.6) is 0 Å². The van der Waals surface area contributed by atoms with Crippen molar-refractivity contribution >= 4 is 45.7 Å². The molecule has 1 aromatic carbocycles. The van der Waals surface area contributed by atoms with Crippen LogP contribution in [0.4, 0.5) is 5.13 Å². The van der Waals surface area contributed by atoms with Crippen LogP contribution in [0.25, 0.3) is 11.3 Å². The van der Waals surface area contributed by atoms with E-state index in [1.54, 1.807) is 0 Å². The molecule has 0 aliphatic heterocycles. The number of amides is 1. The fraction of sp³-hybridized carbons (Fsp3) is 0.417. The number of aryl methyl sites for hydroxylation is 1. The molecule has 9 heteroatoms. The van der Waals surface area contributed by atoms with Gasteiger partial charge in [0.1, 0.15) is 5.82 Å². The van der Waals surface area contributed by atoms with E-state index in [9.17, 15) is 4.79 Å². The number of thiazole rings is 1. The summed E-state index contributed by atoms with van der Waals surface area (Å²) >= 11 is 8.75. The number of allylic oxidation sites excluding steroid dienone is 1. The zero-order valence-corrected chi connectivity index (χ0v) is 20.9. The highest BCUT2D eigenvalue weighted by molar-refractivity contribution is 7.99. The lowest BCUT2D eigenvalue weighted by Gasteiger charge is -2.21. The molecule has 1 N–H and O–H groups in total. The average Bonchev–Trinajstić information content (AvgIpc) is 3.45. The van der Waals surface area contributed by atoms with Gasteiger partial charge in [-0.05, 0) is 24.5 Å². The minimum atomic E-state index is -0.117. The first-order chi connectivity index (χ1) is 16.1. The molecule has 1 amide bonds. The Morgan fingerprint density at radius 2 is 2.03 bits per heavy atom. The van der Waals surface area contributed by atoms with E-state index in [4.69, 9.17) is 11.6 Å². The minimum Gasteiger partial charge on any atom is -0.302 e. The van der Waals surface area contributed by atoms with Gasteiger partial charge in [0.25, 0.3) is 0 Å². The lowest BCUT2D eigenvalue weighted by molar-refractivity contribution is -0.113. The first-order valence-corrected chi connectivity index (χ1v) is 13.5. The molecule has 0 unspecified atom stereocenters. The number of benzene rings is 1. The number of rotatable bonds is 10. The number of thioether (sulfide) groups is 1. The summed E-state index contributed by atoms with van der Waals surface area (Å²) in [6.07, 6.45) is 10.6. The second-order valence-corrected chi connectivity index (χ2v) is 10.5. The Bertz CT molecular complexity index is 1070. The second kappa shape index (κ2) is 11.8. The van der Waals surface area contributed by atoms with E-state index in [0.29, 0.717) is 16.7 Å². The summed E-state index contributed by atoms with van der Waals surface area (Å²) in [4.78, 5) is 17.0. The van der Waals surface area contributed by atoms with Crippen molar-refractivity contribution in [1.82, 2.24) is 19.7 Å². The summed E-state index contributed by atoms with van der Waals surface area (Å²) in [6, 6.07) is 7.48. The van der Waals surface area contributed by atoms with Gasteiger partial charge >= 0.3 is 0 Å². The standard InChI is InChI=1S/C24H28ClN5OS2/c1-2-14-30-21(13-8-17-6-4-3-5-7-17)28-29-24(30)33-16-22(31)27-23-26-20(15-32-23)18-9-11-19(25)12-10-18/h2,9-12,15,17H,1,3-8,13-14,16H2,(H,26,27,31). The number of hydrogen-bond donors (Lipinski definition) is 1. The minimum absolute atomic E-state index is 0.117. The van der Waals surface area contributed by atoms with E-state index in [1.165, 1.54) is 55.2 Å². The van der Waals surface area contributed by atoms with Crippen LogP contribution in [0.3, 0.4) is 0 Å². The van der Waals surface area contributed by atoms with Crippen molar-refractivity contribution < 1.29 is 4.79 Å². The average molecular weight is 502 g/mol. The SMILES string of the molecule is C=CCn1c(CCC2CCCCC2)nnc1SCC(=O)Nc1nc(-c2ccc(Cl)cc2)cs1. The molecule has 2 aromatic heterocycles. The number of nitrogens with zero attached hydrogens (tertiary/aromatic N) is 4. The molecular weight excluding hydrogens is 474 g/mol. The predicted octanol–water partition coefficient (Wildman–Crippen LogP) is 6.48. The van der Waals surface area contributed by atoms with Crippen LogP contribution < -0.4 is 5.32 Å². The number of halogens is 1. The molecule has 0 atom stereocenters. The molecule has 4 rings (SSSR count). The molecule has 6 nitrogen and oxygen atoms in total. The highest BCUT2D eigenvalue weighted by Crippen LogP contribution is 2.29. The number of carbonyl (C=O) groups excluding carboxylic acids is 1. The van der Waals surface area contributed by atoms with E-state index in [2.05, 4.69) is 31.6 Å². The molecule has 1 fully saturated rings. The van der Waals surface area contributed by atoms with Gasteiger partial charge in [0, 0.05) is 28.9 Å². The summed E-state index contributed by atoms with van der Waals surface area (Å²) < 4.78 is 2.08. The lowest BCUT2D eigenvalue weighted by Crippen LogP contribution is -2.15. The molecule has 0 spiro atoms. The summed E-state index contributed by atoms with van der Waals surface area (Å²) in [5.41, 5.74) is 1.77.